The number of benzene rings is 1. The maximum absolute atomic E-state index is 11.6. The van der Waals surface area contributed by atoms with Gasteiger partial charge in [0.15, 0.2) is 0 Å². The molecular weight excluding hydrogens is 271 g/mol. The van der Waals surface area contributed by atoms with Crippen LogP contribution in [0.15, 0.2) is 29.1 Å². The van der Waals surface area contributed by atoms with Crippen molar-refractivity contribution in [1.82, 2.24) is 9.97 Å². The minimum Gasteiger partial charge on any atom is -0.310 e. The van der Waals surface area contributed by atoms with Crippen molar-refractivity contribution in [3.63, 3.8) is 0 Å². The van der Waals surface area contributed by atoms with Gasteiger partial charge < -0.3 is 4.98 Å². The third kappa shape index (κ3) is 2.28. The Balaban J connectivity index is 2.13. The predicted molar refractivity (Wildman–Crippen MR) is 72.3 cm³/mol. The van der Waals surface area contributed by atoms with Crippen LogP contribution in [0.4, 0.5) is 0 Å². The Labute approximate surface area is 114 Å². The van der Waals surface area contributed by atoms with Gasteiger partial charge in [-0.25, -0.2) is 4.98 Å². The largest absolute Gasteiger partial charge is 0.310 e. The van der Waals surface area contributed by atoms with Crippen LogP contribution in [0, 0.1) is 0 Å². The van der Waals surface area contributed by atoms with Gasteiger partial charge in [0.05, 0.1) is 10.7 Å². The summed E-state index contributed by atoms with van der Waals surface area (Å²) in [5.41, 5.74) is 1.18. The van der Waals surface area contributed by atoms with E-state index in [1.165, 1.54) is 6.07 Å². The molecule has 0 aliphatic heterocycles. The van der Waals surface area contributed by atoms with E-state index in [0.717, 1.165) is 24.2 Å². The van der Waals surface area contributed by atoms with E-state index in [4.69, 9.17) is 23.2 Å². The molecule has 0 amide bonds. The number of aromatic amines is 1. The van der Waals surface area contributed by atoms with E-state index >= 15 is 0 Å². The zero-order chi connectivity index (χ0) is 12.7. The Morgan fingerprint density at radius 2 is 2.00 bits per heavy atom. The van der Waals surface area contributed by atoms with Crippen molar-refractivity contribution in [3.05, 3.63) is 50.5 Å². The fourth-order valence-corrected chi connectivity index (χ4v) is 2.37. The Kier molecular flexibility index (Phi) is 2.88. The van der Waals surface area contributed by atoms with Crippen molar-refractivity contribution in [2.75, 3.05) is 0 Å². The van der Waals surface area contributed by atoms with Crippen molar-refractivity contribution < 1.29 is 0 Å². The molecule has 1 aliphatic rings. The molecule has 0 atom stereocenters. The summed E-state index contributed by atoms with van der Waals surface area (Å²) in [5, 5.41) is 1.07. The van der Waals surface area contributed by atoms with Gasteiger partial charge >= 0.3 is 0 Å². The van der Waals surface area contributed by atoms with E-state index < -0.39 is 0 Å². The van der Waals surface area contributed by atoms with Gasteiger partial charge in [-0.1, -0.05) is 23.2 Å². The molecule has 1 heterocycles. The van der Waals surface area contributed by atoms with Crippen molar-refractivity contribution in [2.45, 2.75) is 18.8 Å². The molecule has 1 aromatic heterocycles. The average molecular weight is 281 g/mol. The highest BCUT2D eigenvalue weighted by Gasteiger charge is 2.26. The first-order valence-corrected chi connectivity index (χ1v) is 6.46. The minimum atomic E-state index is -0.145. The van der Waals surface area contributed by atoms with E-state index in [1.807, 2.05) is 0 Å². The van der Waals surface area contributed by atoms with Crippen LogP contribution in [0.2, 0.25) is 10.0 Å². The van der Waals surface area contributed by atoms with E-state index in [0.29, 0.717) is 21.7 Å². The van der Waals surface area contributed by atoms with Crippen molar-refractivity contribution in [1.29, 1.82) is 0 Å². The van der Waals surface area contributed by atoms with Gasteiger partial charge in [-0.3, -0.25) is 4.79 Å². The molecule has 92 valence electrons. The first kappa shape index (κ1) is 11.8. The van der Waals surface area contributed by atoms with Crippen LogP contribution >= 0.6 is 23.2 Å². The zero-order valence-electron chi connectivity index (χ0n) is 9.41. The molecule has 0 radical (unpaired) electrons. The van der Waals surface area contributed by atoms with Crippen LogP contribution in [0.3, 0.4) is 0 Å². The zero-order valence-corrected chi connectivity index (χ0v) is 10.9. The predicted octanol–water partition coefficient (Wildman–Crippen LogP) is 3.62. The maximum atomic E-state index is 11.6. The lowest BCUT2D eigenvalue weighted by molar-refractivity contribution is 0.912. The molecule has 0 saturated heterocycles. The van der Waals surface area contributed by atoms with Crippen LogP contribution in [0.1, 0.15) is 24.6 Å². The number of nitrogens with zero attached hydrogens (tertiary/aromatic N) is 1. The maximum Gasteiger partial charge on any atom is 0.251 e. The minimum absolute atomic E-state index is 0.145. The molecule has 5 heteroatoms. The highest BCUT2D eigenvalue weighted by molar-refractivity contribution is 6.36. The summed E-state index contributed by atoms with van der Waals surface area (Å²) in [6.07, 6.45) is 2.17. The molecule has 0 bridgehead atoms. The molecule has 18 heavy (non-hydrogen) atoms. The molecule has 0 unspecified atom stereocenters. The molecule has 0 spiro atoms. The number of nitrogens with one attached hydrogen (secondary N) is 1. The van der Waals surface area contributed by atoms with Crippen LogP contribution < -0.4 is 5.56 Å². The standard InChI is InChI=1S/C13H10Cl2N2O/c14-8-3-4-9(10(15)5-8)11-6-12(18)17-13(16-11)7-1-2-7/h3-7H,1-2H2,(H,16,17,18). The van der Waals surface area contributed by atoms with Crippen LogP contribution in [-0.4, -0.2) is 9.97 Å². The Hall–Kier alpha value is -1.32. The summed E-state index contributed by atoms with van der Waals surface area (Å²) >= 11 is 12.0. The molecular formula is C13H10Cl2N2O. The molecule has 1 aromatic carbocycles. The number of halogens is 2. The molecule has 3 rings (SSSR count). The van der Waals surface area contributed by atoms with E-state index in [1.54, 1.807) is 18.2 Å². The topological polar surface area (TPSA) is 45.8 Å². The molecule has 1 aliphatic carbocycles. The smallest absolute Gasteiger partial charge is 0.251 e. The summed E-state index contributed by atoms with van der Waals surface area (Å²) in [6, 6.07) is 6.63. The van der Waals surface area contributed by atoms with Gasteiger partial charge in [0.2, 0.25) is 0 Å². The quantitative estimate of drug-likeness (QED) is 0.913. The molecule has 1 fully saturated rings. The lowest BCUT2D eigenvalue weighted by Crippen LogP contribution is -2.10. The number of H-pyrrole nitrogens is 1. The third-order valence-electron chi connectivity index (χ3n) is 2.93. The summed E-state index contributed by atoms with van der Waals surface area (Å²) < 4.78 is 0. The van der Waals surface area contributed by atoms with Crippen molar-refractivity contribution in [3.8, 4) is 11.3 Å². The van der Waals surface area contributed by atoms with Gasteiger partial charge in [-0.15, -0.1) is 0 Å². The van der Waals surface area contributed by atoms with Gasteiger partial charge in [-0.05, 0) is 31.0 Å². The Morgan fingerprint density at radius 1 is 1.22 bits per heavy atom. The Morgan fingerprint density at radius 3 is 2.67 bits per heavy atom. The summed E-state index contributed by atoms with van der Waals surface area (Å²) in [5.74, 6) is 1.15. The SMILES string of the molecule is O=c1cc(-c2ccc(Cl)cc2Cl)nc(C2CC2)[nH]1. The monoisotopic (exact) mass is 280 g/mol. The van der Waals surface area contributed by atoms with Gasteiger partial charge in [0, 0.05) is 22.6 Å². The van der Waals surface area contributed by atoms with Crippen LogP contribution in [0.5, 0.6) is 0 Å². The number of hydrogen-bond acceptors (Lipinski definition) is 2. The van der Waals surface area contributed by atoms with Crippen LogP contribution in [-0.2, 0) is 0 Å². The van der Waals surface area contributed by atoms with E-state index in [-0.39, 0.29) is 5.56 Å². The molecule has 1 saturated carbocycles. The number of hydrogen-bond donors (Lipinski definition) is 1. The first-order chi connectivity index (χ1) is 8.63. The van der Waals surface area contributed by atoms with E-state index in [2.05, 4.69) is 9.97 Å². The van der Waals surface area contributed by atoms with Gasteiger partial charge in [0.1, 0.15) is 5.82 Å². The summed E-state index contributed by atoms with van der Waals surface area (Å²) in [4.78, 5) is 18.9. The lowest BCUT2D eigenvalue weighted by Gasteiger charge is -2.05. The lowest BCUT2D eigenvalue weighted by atomic mass is 10.1. The summed E-state index contributed by atoms with van der Waals surface area (Å²) in [6.45, 7) is 0. The second-order valence-corrected chi connectivity index (χ2v) is 5.26. The highest BCUT2D eigenvalue weighted by atomic mass is 35.5. The fourth-order valence-electron chi connectivity index (χ4n) is 1.86. The molecule has 2 aromatic rings. The number of aromatic nitrogens is 2. The average Bonchev–Trinajstić information content (AvgIpc) is 3.11. The molecule has 1 N–H and O–H groups in total. The van der Waals surface area contributed by atoms with Crippen molar-refractivity contribution >= 4 is 23.2 Å². The van der Waals surface area contributed by atoms with Crippen LogP contribution in [0.25, 0.3) is 11.3 Å². The normalized spacial score (nSPS) is 14.8. The fraction of sp³-hybridized carbons (Fsp3) is 0.231. The highest BCUT2D eigenvalue weighted by Crippen LogP contribution is 2.38. The van der Waals surface area contributed by atoms with Gasteiger partial charge in [0.25, 0.3) is 5.56 Å². The Bertz CT molecular complexity index is 662. The van der Waals surface area contributed by atoms with Gasteiger partial charge in [-0.2, -0.15) is 0 Å². The molecule has 3 nitrogen and oxygen atoms in total. The summed E-state index contributed by atoms with van der Waals surface area (Å²) in [7, 11) is 0. The number of rotatable bonds is 2. The first-order valence-electron chi connectivity index (χ1n) is 5.70. The van der Waals surface area contributed by atoms with Crippen molar-refractivity contribution in [2.24, 2.45) is 0 Å². The third-order valence-corrected chi connectivity index (χ3v) is 3.48. The second-order valence-electron chi connectivity index (χ2n) is 4.41. The second kappa shape index (κ2) is 4.41. The van der Waals surface area contributed by atoms with E-state index in [9.17, 15) is 4.79 Å².